The summed E-state index contributed by atoms with van der Waals surface area (Å²) in [5, 5.41) is 6.69. The maximum Gasteiger partial charge on any atom is 0.255 e. The number of aryl methyl sites for hydroxylation is 1. The first kappa shape index (κ1) is 25.8. The number of nitrogens with one attached hydrogen (secondary N) is 2. The summed E-state index contributed by atoms with van der Waals surface area (Å²) in [6.07, 6.45) is -0.192. The first-order valence-electron chi connectivity index (χ1n) is 13.3. The molecule has 1 saturated heterocycles. The van der Waals surface area contributed by atoms with Gasteiger partial charge >= 0.3 is 0 Å². The molecule has 204 valence electrons. The molecule has 0 bridgehead atoms. The smallest absolute Gasteiger partial charge is 0.255 e. The third kappa shape index (κ3) is 5.60. The van der Waals surface area contributed by atoms with E-state index in [4.69, 9.17) is 14.5 Å². The predicted octanol–water partition coefficient (Wildman–Crippen LogP) is 5.36. The normalized spacial score (nSPS) is 16.6. The molecule has 2 aliphatic heterocycles. The van der Waals surface area contributed by atoms with Gasteiger partial charge in [0.1, 0.15) is 19.4 Å². The van der Waals surface area contributed by atoms with Crippen molar-refractivity contribution in [2.75, 3.05) is 36.9 Å². The molecule has 0 aliphatic carbocycles. The van der Waals surface area contributed by atoms with Gasteiger partial charge in [-0.15, -0.1) is 0 Å². The van der Waals surface area contributed by atoms with Crippen LogP contribution in [0.5, 0.6) is 11.5 Å². The third-order valence-corrected chi connectivity index (χ3v) is 7.16. The van der Waals surface area contributed by atoms with E-state index in [9.17, 15) is 14.0 Å². The number of pyridine rings is 1. The van der Waals surface area contributed by atoms with Crippen LogP contribution in [0.15, 0.2) is 66.7 Å². The minimum Gasteiger partial charge on any atom is -0.486 e. The van der Waals surface area contributed by atoms with Gasteiger partial charge in [0.2, 0.25) is 0 Å². The van der Waals surface area contributed by atoms with Gasteiger partial charge in [0.15, 0.2) is 11.5 Å². The van der Waals surface area contributed by atoms with E-state index >= 15 is 0 Å². The van der Waals surface area contributed by atoms with Gasteiger partial charge in [-0.2, -0.15) is 0 Å². The average molecular weight is 541 g/mol. The Morgan fingerprint density at radius 3 is 2.52 bits per heavy atom. The molecular weight excluding hydrogens is 511 g/mol. The zero-order chi connectivity index (χ0) is 27.6. The monoisotopic (exact) mass is 540 g/mol. The second-order valence-corrected chi connectivity index (χ2v) is 10.1. The Labute approximate surface area is 231 Å². The number of hydrogen-bond donors (Lipinski definition) is 2. The molecule has 8 nitrogen and oxygen atoms in total. The second-order valence-electron chi connectivity index (χ2n) is 10.1. The summed E-state index contributed by atoms with van der Waals surface area (Å²) in [7, 11) is 0. The van der Waals surface area contributed by atoms with Crippen LogP contribution in [0.2, 0.25) is 0 Å². The Balaban J connectivity index is 1.14. The summed E-state index contributed by atoms with van der Waals surface area (Å²) in [4.78, 5) is 32.8. The molecule has 6 rings (SSSR count). The lowest BCUT2D eigenvalue weighted by atomic mass is 10.1. The van der Waals surface area contributed by atoms with E-state index in [-0.39, 0.29) is 11.8 Å². The van der Waals surface area contributed by atoms with E-state index < -0.39 is 6.17 Å². The minimum absolute atomic E-state index is 0.268. The van der Waals surface area contributed by atoms with Crippen molar-refractivity contribution >= 4 is 34.1 Å². The van der Waals surface area contributed by atoms with Crippen LogP contribution in [0.3, 0.4) is 0 Å². The number of carbonyl (C=O) groups is 2. The number of hydrogen-bond acceptors (Lipinski definition) is 6. The van der Waals surface area contributed by atoms with Crippen LogP contribution < -0.4 is 20.1 Å². The highest BCUT2D eigenvalue weighted by atomic mass is 19.1. The molecule has 0 spiro atoms. The number of alkyl halides is 1. The van der Waals surface area contributed by atoms with Crippen LogP contribution in [0, 0.1) is 6.92 Å². The summed E-state index contributed by atoms with van der Waals surface area (Å²) in [5.74, 6) is 0.592. The highest BCUT2D eigenvalue weighted by Gasteiger charge is 2.22. The van der Waals surface area contributed by atoms with Crippen molar-refractivity contribution in [2.45, 2.75) is 26.1 Å². The highest BCUT2D eigenvalue weighted by molar-refractivity contribution is 6.08. The Bertz CT molecular complexity index is 1610. The van der Waals surface area contributed by atoms with Crippen molar-refractivity contribution in [3.05, 3.63) is 89.1 Å². The van der Waals surface area contributed by atoms with Crippen molar-refractivity contribution in [2.24, 2.45) is 0 Å². The van der Waals surface area contributed by atoms with Crippen LogP contribution >= 0.6 is 0 Å². The Morgan fingerprint density at radius 1 is 0.925 bits per heavy atom. The molecule has 2 aliphatic rings. The summed E-state index contributed by atoms with van der Waals surface area (Å²) >= 11 is 0. The summed E-state index contributed by atoms with van der Waals surface area (Å²) < 4.78 is 24.6. The number of aromatic nitrogens is 1. The summed E-state index contributed by atoms with van der Waals surface area (Å²) in [5.41, 5.74) is 4.59. The number of ether oxygens (including phenoxy) is 2. The first-order valence-corrected chi connectivity index (χ1v) is 13.3. The SMILES string of the molecule is Cc1ccc(NC(=O)c2ccc3c(c2)OCCO3)cc1NC(=O)c1ccc2nc(CN3CCC(F)C3)ccc2c1. The van der Waals surface area contributed by atoms with Crippen LogP contribution in [0.1, 0.15) is 38.4 Å². The van der Waals surface area contributed by atoms with Crippen LogP contribution in [-0.2, 0) is 6.54 Å². The van der Waals surface area contributed by atoms with Crippen molar-refractivity contribution in [3.63, 3.8) is 0 Å². The van der Waals surface area contributed by atoms with E-state index in [0.29, 0.717) is 66.7 Å². The molecule has 2 N–H and O–H groups in total. The Kier molecular flexibility index (Phi) is 7.04. The first-order chi connectivity index (χ1) is 19.4. The van der Waals surface area contributed by atoms with Crippen molar-refractivity contribution < 1.29 is 23.5 Å². The van der Waals surface area contributed by atoms with E-state index in [1.165, 1.54) is 0 Å². The van der Waals surface area contributed by atoms with Gasteiger partial charge < -0.3 is 20.1 Å². The summed E-state index contributed by atoms with van der Waals surface area (Å²) in [6.45, 7) is 4.60. The summed E-state index contributed by atoms with van der Waals surface area (Å²) in [6, 6.07) is 19.7. The number of benzene rings is 3. The van der Waals surface area contributed by atoms with Gasteiger partial charge in [-0.1, -0.05) is 12.1 Å². The standard InChI is InChI=1S/C31H29FN4O4/c1-19-2-6-24(34-30(37)22-5-9-28-29(15-22)40-13-12-39-28)16-27(19)35-31(38)21-4-8-26-20(14-21)3-7-25(33-26)18-36-11-10-23(32)17-36/h2-9,14-16,23H,10-13,17-18H2,1H3,(H,34,37)(H,35,38). The number of likely N-dealkylation sites (tertiary alicyclic amines) is 1. The molecule has 4 aromatic rings. The Morgan fingerprint density at radius 2 is 1.70 bits per heavy atom. The molecule has 1 aromatic heterocycles. The topological polar surface area (TPSA) is 92.8 Å². The fourth-order valence-electron chi connectivity index (χ4n) is 4.97. The Hall–Kier alpha value is -4.50. The van der Waals surface area contributed by atoms with Crippen LogP contribution in [0.4, 0.5) is 15.8 Å². The quantitative estimate of drug-likeness (QED) is 0.342. The number of amides is 2. The molecule has 1 atom stereocenters. The van der Waals surface area contributed by atoms with Gasteiger partial charge in [0, 0.05) is 47.5 Å². The van der Waals surface area contributed by atoms with E-state index in [1.54, 1.807) is 42.5 Å². The number of halogens is 1. The highest BCUT2D eigenvalue weighted by Crippen LogP contribution is 2.31. The molecular formula is C31H29FN4O4. The maximum absolute atomic E-state index is 13.5. The average Bonchev–Trinajstić information content (AvgIpc) is 3.38. The van der Waals surface area contributed by atoms with Crippen molar-refractivity contribution in [3.8, 4) is 11.5 Å². The molecule has 3 heterocycles. The number of carbonyl (C=O) groups excluding carboxylic acids is 2. The molecule has 3 aromatic carbocycles. The lowest BCUT2D eigenvalue weighted by Gasteiger charge is -2.18. The van der Waals surface area contributed by atoms with E-state index in [0.717, 1.165) is 28.7 Å². The predicted molar refractivity (Wildman–Crippen MR) is 151 cm³/mol. The van der Waals surface area contributed by atoms with Gasteiger partial charge in [-0.05, 0) is 73.5 Å². The zero-order valence-electron chi connectivity index (χ0n) is 22.1. The zero-order valence-corrected chi connectivity index (χ0v) is 22.1. The number of rotatable bonds is 6. The fraction of sp³-hybridized carbons (Fsp3) is 0.258. The van der Waals surface area contributed by atoms with E-state index in [1.807, 2.05) is 31.2 Å². The lowest BCUT2D eigenvalue weighted by molar-refractivity contribution is 0.101. The van der Waals surface area contributed by atoms with Gasteiger partial charge in [0.05, 0.1) is 11.2 Å². The second kappa shape index (κ2) is 10.9. The molecule has 0 saturated carbocycles. The molecule has 40 heavy (non-hydrogen) atoms. The molecule has 9 heteroatoms. The lowest BCUT2D eigenvalue weighted by Crippen LogP contribution is -2.21. The molecule has 1 unspecified atom stereocenters. The molecule has 0 radical (unpaired) electrons. The minimum atomic E-state index is -0.762. The molecule has 2 amide bonds. The third-order valence-electron chi connectivity index (χ3n) is 7.16. The fourth-order valence-corrected chi connectivity index (χ4v) is 4.97. The number of fused-ring (bicyclic) bond motifs is 2. The van der Waals surface area contributed by atoms with E-state index in [2.05, 4.69) is 15.5 Å². The van der Waals surface area contributed by atoms with Gasteiger partial charge in [-0.25, -0.2) is 4.39 Å². The van der Waals surface area contributed by atoms with Crippen molar-refractivity contribution in [1.82, 2.24) is 9.88 Å². The van der Waals surface area contributed by atoms with Crippen LogP contribution in [-0.4, -0.2) is 54.2 Å². The van der Waals surface area contributed by atoms with Crippen molar-refractivity contribution in [1.29, 1.82) is 0 Å². The van der Waals surface area contributed by atoms with Gasteiger partial charge in [0.25, 0.3) is 11.8 Å². The number of nitrogens with zero attached hydrogens (tertiary/aromatic N) is 2. The van der Waals surface area contributed by atoms with Gasteiger partial charge in [-0.3, -0.25) is 19.5 Å². The number of anilines is 2. The van der Waals surface area contributed by atoms with Crippen LogP contribution in [0.25, 0.3) is 10.9 Å². The largest absolute Gasteiger partial charge is 0.486 e. The maximum atomic E-state index is 13.5. The molecule has 1 fully saturated rings.